The Hall–Kier alpha value is -3.10. The third kappa shape index (κ3) is 60.4. The van der Waals surface area contributed by atoms with Crippen LogP contribution < -0.4 is 10.2 Å². The lowest BCUT2D eigenvalue weighted by Crippen LogP contribution is -2.45. The molecule has 9 heteroatoms. The number of unbranched alkanes of at least 4 members (excludes halogenated alkanes) is 25. The van der Waals surface area contributed by atoms with Gasteiger partial charge in [-0.15, -0.1) is 0 Å². The summed E-state index contributed by atoms with van der Waals surface area (Å²) in [6.45, 7) is 4.49. The van der Waals surface area contributed by atoms with Crippen molar-refractivity contribution in [3.05, 3.63) is 122 Å². The van der Waals surface area contributed by atoms with Crippen molar-refractivity contribution < 1.29 is 32.9 Å². The summed E-state index contributed by atoms with van der Waals surface area (Å²) in [7, 11) is 1.20. The molecule has 8 nitrogen and oxygen atoms in total. The minimum Gasteiger partial charge on any atom is -0.756 e. The van der Waals surface area contributed by atoms with Crippen molar-refractivity contribution in [1.29, 1.82) is 0 Å². The number of carbonyl (C=O) groups is 1. The zero-order valence-electron chi connectivity index (χ0n) is 50.4. The minimum absolute atomic E-state index is 0.0219. The molecule has 0 aromatic heterocycles. The molecule has 77 heavy (non-hydrogen) atoms. The van der Waals surface area contributed by atoms with Crippen LogP contribution in [0.4, 0.5) is 0 Å². The van der Waals surface area contributed by atoms with Crippen LogP contribution in [0.1, 0.15) is 251 Å². The summed E-state index contributed by atoms with van der Waals surface area (Å²) in [5.74, 6) is -0.252. The monoisotopic (exact) mass is 1090 g/mol. The molecule has 0 fully saturated rings. The first-order valence-electron chi connectivity index (χ1n) is 31.4. The fraction of sp³-hybridized carbons (Fsp3) is 0.691. The molecule has 0 heterocycles. The number of nitrogens with zero attached hydrogens (tertiary/aromatic N) is 1. The van der Waals surface area contributed by atoms with Crippen molar-refractivity contribution >= 4 is 13.7 Å². The third-order valence-electron chi connectivity index (χ3n) is 13.4. The summed E-state index contributed by atoms with van der Waals surface area (Å²) < 4.78 is 23.3. The number of aliphatic hydroxyl groups is 1. The number of phosphoric acid groups is 1. The smallest absolute Gasteiger partial charge is 0.268 e. The summed E-state index contributed by atoms with van der Waals surface area (Å²) in [6.07, 6.45) is 85.9. The number of amides is 1. The summed E-state index contributed by atoms with van der Waals surface area (Å²) in [4.78, 5) is 25.5. The number of quaternary nitrogens is 1. The predicted molar refractivity (Wildman–Crippen MR) is 334 cm³/mol. The van der Waals surface area contributed by atoms with E-state index in [-0.39, 0.29) is 18.9 Å². The number of allylic oxidation sites excluding steroid dienone is 19. The van der Waals surface area contributed by atoms with Gasteiger partial charge in [0.25, 0.3) is 7.82 Å². The first-order valence-corrected chi connectivity index (χ1v) is 32.9. The average molecular weight is 1090 g/mol. The SMILES string of the molecule is CC/C=C\C/C=C\C/C=C\C/C=C\C/C=C\C/C=C\C/C=C\C/C=C\CCCCC(=O)NC(COP(=O)([O-])OCC[N+](C)(C)C)C(O)/C=C/CC/C=C/CCCCCCCCCCCCCCCCCCCCCCCC. The maximum atomic E-state index is 13.0. The molecule has 0 spiro atoms. The van der Waals surface area contributed by atoms with Crippen molar-refractivity contribution in [1.82, 2.24) is 5.32 Å². The van der Waals surface area contributed by atoms with Gasteiger partial charge in [-0.3, -0.25) is 9.36 Å². The number of phosphoric ester groups is 1. The molecular weight excluding hydrogens is 972 g/mol. The van der Waals surface area contributed by atoms with Crippen molar-refractivity contribution in [2.75, 3.05) is 40.9 Å². The van der Waals surface area contributed by atoms with Crippen molar-refractivity contribution in [3.63, 3.8) is 0 Å². The standard InChI is InChI=1S/C68H119N2O6P/c1-6-8-10-12-14-16-18-20-22-24-26-28-30-32-34-36-37-39-41-43-45-47-49-51-53-55-57-59-61-67(71)66(65-76-77(73,74)75-64-63-70(3,4)5)69-68(72)62-60-58-56-54-52-50-48-46-44-42-40-38-35-33-31-29-27-25-23-21-19-17-15-13-11-9-7-2/h9,11,15,17,21,23,27,29,33,35,40,42,46,48,51-54,59,61,66-67,71H,6-8,10,12-14,16,18-20,22,24-26,28,30-32,34,36-39,41,43-45,47,49-50,55-58,60,62-65H2,1-5H3,(H-,69,72,73,74)/b11-9-,17-15-,23-21-,29-27-,35-33-,42-40-,48-46-,53-51+,54-52-,61-59+. The highest BCUT2D eigenvalue weighted by Gasteiger charge is 2.23. The summed E-state index contributed by atoms with van der Waals surface area (Å²) in [5.41, 5.74) is 0. The molecule has 0 aromatic rings. The van der Waals surface area contributed by atoms with Gasteiger partial charge in [-0.2, -0.15) is 0 Å². The quantitative estimate of drug-likeness (QED) is 0.0272. The van der Waals surface area contributed by atoms with Crippen LogP contribution >= 0.6 is 7.82 Å². The normalized spacial score (nSPS) is 14.6. The molecule has 0 aliphatic rings. The second-order valence-electron chi connectivity index (χ2n) is 22.0. The number of hydrogen-bond donors (Lipinski definition) is 2. The zero-order valence-corrected chi connectivity index (χ0v) is 51.3. The first kappa shape index (κ1) is 73.9. The van der Waals surface area contributed by atoms with Crippen molar-refractivity contribution in [2.24, 2.45) is 0 Å². The molecule has 0 bridgehead atoms. The van der Waals surface area contributed by atoms with E-state index in [0.717, 1.165) is 83.5 Å². The van der Waals surface area contributed by atoms with E-state index in [1.807, 2.05) is 27.2 Å². The maximum absolute atomic E-state index is 13.0. The van der Waals surface area contributed by atoms with E-state index < -0.39 is 26.6 Å². The number of aliphatic hydroxyl groups excluding tert-OH is 1. The number of rotatable bonds is 56. The van der Waals surface area contributed by atoms with Crippen LogP contribution in [0, 0.1) is 0 Å². The van der Waals surface area contributed by atoms with Crippen molar-refractivity contribution in [2.45, 2.75) is 264 Å². The zero-order chi connectivity index (χ0) is 56.3. The highest BCUT2D eigenvalue weighted by atomic mass is 31.2. The molecule has 0 saturated heterocycles. The number of nitrogens with one attached hydrogen (secondary N) is 1. The molecule has 3 atom stereocenters. The molecule has 0 aromatic carbocycles. The van der Waals surface area contributed by atoms with Crippen LogP contribution in [0.5, 0.6) is 0 Å². The predicted octanol–water partition coefficient (Wildman–Crippen LogP) is 19.1. The van der Waals surface area contributed by atoms with Crippen LogP contribution in [0.2, 0.25) is 0 Å². The Morgan fingerprint density at radius 1 is 0.468 bits per heavy atom. The van der Waals surface area contributed by atoms with Gasteiger partial charge in [0, 0.05) is 6.42 Å². The largest absolute Gasteiger partial charge is 0.756 e. The molecule has 1 amide bonds. The lowest BCUT2D eigenvalue weighted by molar-refractivity contribution is -0.870. The second kappa shape index (κ2) is 57.6. The van der Waals surface area contributed by atoms with Crippen LogP contribution in [-0.2, 0) is 18.4 Å². The van der Waals surface area contributed by atoms with Crippen molar-refractivity contribution in [3.8, 4) is 0 Å². The van der Waals surface area contributed by atoms with Gasteiger partial charge in [0.15, 0.2) is 0 Å². The van der Waals surface area contributed by atoms with Gasteiger partial charge in [-0.1, -0.05) is 270 Å². The van der Waals surface area contributed by atoms with Crippen LogP contribution in [0.25, 0.3) is 0 Å². The fourth-order valence-corrected chi connectivity index (χ4v) is 9.26. The Labute approximate surface area is 475 Å². The Balaban J connectivity index is 4.32. The van der Waals surface area contributed by atoms with E-state index >= 15 is 0 Å². The van der Waals surface area contributed by atoms with E-state index in [9.17, 15) is 19.4 Å². The third-order valence-corrected chi connectivity index (χ3v) is 14.4. The van der Waals surface area contributed by atoms with Crippen LogP contribution in [0.3, 0.4) is 0 Å². The fourth-order valence-electron chi connectivity index (χ4n) is 8.54. The molecule has 0 aliphatic heterocycles. The molecule has 0 aliphatic carbocycles. The molecule has 0 radical (unpaired) electrons. The highest BCUT2D eigenvalue weighted by Crippen LogP contribution is 2.38. The lowest BCUT2D eigenvalue weighted by atomic mass is 10.0. The topological polar surface area (TPSA) is 108 Å². The Kier molecular flexibility index (Phi) is 55.3. The molecule has 2 N–H and O–H groups in total. The average Bonchev–Trinajstić information content (AvgIpc) is 3.39. The van der Waals surface area contributed by atoms with Gasteiger partial charge in [0.05, 0.1) is 39.9 Å². The van der Waals surface area contributed by atoms with Gasteiger partial charge in [-0.25, -0.2) is 0 Å². The van der Waals surface area contributed by atoms with E-state index in [1.54, 1.807) is 6.08 Å². The van der Waals surface area contributed by atoms with Gasteiger partial charge in [0.1, 0.15) is 13.2 Å². The van der Waals surface area contributed by atoms with Crippen LogP contribution in [-0.4, -0.2) is 68.5 Å². The number of likely N-dealkylation sites (N-methyl/N-ethyl adjacent to an activating group) is 1. The van der Waals surface area contributed by atoms with Gasteiger partial charge in [-0.05, 0) is 96.3 Å². The van der Waals surface area contributed by atoms with Gasteiger partial charge >= 0.3 is 0 Å². The van der Waals surface area contributed by atoms with E-state index in [4.69, 9.17) is 9.05 Å². The Morgan fingerprint density at radius 2 is 0.805 bits per heavy atom. The number of hydrogen-bond acceptors (Lipinski definition) is 6. The molecule has 3 unspecified atom stereocenters. The summed E-state index contributed by atoms with van der Waals surface area (Å²) in [6, 6.07) is -0.938. The van der Waals surface area contributed by atoms with E-state index in [1.165, 1.54) is 141 Å². The minimum atomic E-state index is -4.63. The van der Waals surface area contributed by atoms with Gasteiger partial charge in [0.2, 0.25) is 5.91 Å². The molecular formula is C68H119N2O6P. The Bertz CT molecular complexity index is 1670. The molecule has 0 saturated carbocycles. The summed E-state index contributed by atoms with van der Waals surface area (Å²) in [5, 5.41) is 13.9. The highest BCUT2D eigenvalue weighted by molar-refractivity contribution is 7.45. The lowest BCUT2D eigenvalue weighted by Gasteiger charge is -2.29. The molecule has 0 rings (SSSR count). The second-order valence-corrected chi connectivity index (χ2v) is 23.4. The first-order chi connectivity index (χ1) is 37.5. The van der Waals surface area contributed by atoms with E-state index in [0.29, 0.717) is 17.4 Å². The molecule has 442 valence electrons. The van der Waals surface area contributed by atoms with Gasteiger partial charge < -0.3 is 28.8 Å². The Morgan fingerprint density at radius 3 is 1.21 bits per heavy atom. The van der Waals surface area contributed by atoms with Crippen LogP contribution in [0.15, 0.2) is 122 Å². The number of carbonyl (C=O) groups excluding carboxylic acids is 1. The van der Waals surface area contributed by atoms with E-state index in [2.05, 4.69) is 129 Å². The maximum Gasteiger partial charge on any atom is 0.268 e. The summed E-state index contributed by atoms with van der Waals surface area (Å²) >= 11 is 0.